The molecule has 2 fully saturated rings. The lowest BCUT2D eigenvalue weighted by Gasteiger charge is -2.52. The van der Waals surface area contributed by atoms with Gasteiger partial charge < -0.3 is 10.0 Å². The number of aliphatic carboxylic acids is 1. The van der Waals surface area contributed by atoms with Gasteiger partial charge in [-0.1, -0.05) is 39.5 Å². The van der Waals surface area contributed by atoms with Crippen molar-refractivity contribution >= 4 is 5.97 Å². The number of carboxylic acids is 1. The maximum atomic E-state index is 11.4. The second-order valence-electron chi connectivity index (χ2n) is 7.16. The van der Waals surface area contributed by atoms with E-state index in [9.17, 15) is 9.90 Å². The fraction of sp³-hybridized carbons (Fsp3) is 0.941. The number of hydrogen-bond acceptors (Lipinski definition) is 2. The highest BCUT2D eigenvalue weighted by atomic mass is 16.4. The van der Waals surface area contributed by atoms with Crippen molar-refractivity contribution in [2.24, 2.45) is 17.3 Å². The van der Waals surface area contributed by atoms with Gasteiger partial charge in [0.15, 0.2) is 0 Å². The van der Waals surface area contributed by atoms with Crippen LogP contribution in [-0.2, 0) is 4.79 Å². The number of carboxylic acid groups (broad SMARTS) is 1. The number of nitrogens with zero attached hydrogens (tertiary/aromatic N) is 1. The zero-order valence-electron chi connectivity index (χ0n) is 13.2. The normalized spacial score (nSPS) is 29.9. The molecule has 1 saturated heterocycles. The van der Waals surface area contributed by atoms with Crippen LogP contribution in [0.25, 0.3) is 0 Å². The summed E-state index contributed by atoms with van der Waals surface area (Å²) in [6, 6.07) is 0. The van der Waals surface area contributed by atoms with E-state index in [2.05, 4.69) is 18.7 Å². The molecule has 0 radical (unpaired) electrons. The fourth-order valence-corrected chi connectivity index (χ4v) is 4.62. The van der Waals surface area contributed by atoms with Gasteiger partial charge in [-0.2, -0.15) is 0 Å². The first-order valence-corrected chi connectivity index (χ1v) is 8.55. The molecule has 2 atom stereocenters. The summed E-state index contributed by atoms with van der Waals surface area (Å²) in [5, 5.41) is 9.36. The molecule has 116 valence electrons. The SMILES string of the molecule is CCCC1(CCC)CN(CC2CCCCC2C(=O)O)C1. The van der Waals surface area contributed by atoms with E-state index in [0.29, 0.717) is 11.3 Å². The lowest BCUT2D eigenvalue weighted by molar-refractivity contribution is -0.146. The molecule has 2 aliphatic rings. The lowest BCUT2D eigenvalue weighted by atomic mass is 9.71. The Hall–Kier alpha value is -0.570. The molecule has 1 heterocycles. The zero-order valence-corrected chi connectivity index (χ0v) is 13.2. The Balaban J connectivity index is 1.84. The van der Waals surface area contributed by atoms with Crippen LogP contribution in [0.5, 0.6) is 0 Å². The van der Waals surface area contributed by atoms with Crippen molar-refractivity contribution in [3.05, 3.63) is 0 Å². The maximum absolute atomic E-state index is 11.4. The summed E-state index contributed by atoms with van der Waals surface area (Å²) in [5.74, 6) is -0.262. The summed E-state index contributed by atoms with van der Waals surface area (Å²) in [6.07, 6.45) is 9.55. The van der Waals surface area contributed by atoms with E-state index in [4.69, 9.17) is 0 Å². The number of hydrogen-bond donors (Lipinski definition) is 1. The summed E-state index contributed by atoms with van der Waals surface area (Å²) in [7, 11) is 0. The highest BCUT2D eigenvalue weighted by Crippen LogP contribution is 2.41. The summed E-state index contributed by atoms with van der Waals surface area (Å²) >= 11 is 0. The van der Waals surface area contributed by atoms with Crippen LogP contribution in [-0.4, -0.2) is 35.6 Å². The van der Waals surface area contributed by atoms with Crippen LogP contribution in [0.4, 0.5) is 0 Å². The van der Waals surface area contributed by atoms with Gasteiger partial charge in [0, 0.05) is 19.6 Å². The van der Waals surface area contributed by atoms with Crippen LogP contribution in [0.2, 0.25) is 0 Å². The quantitative estimate of drug-likeness (QED) is 0.772. The molecule has 1 saturated carbocycles. The van der Waals surface area contributed by atoms with Crippen molar-refractivity contribution < 1.29 is 9.90 Å². The molecule has 3 heteroatoms. The van der Waals surface area contributed by atoms with Gasteiger partial charge in [0.1, 0.15) is 0 Å². The molecule has 0 bridgehead atoms. The average molecular weight is 281 g/mol. The molecule has 1 N–H and O–H groups in total. The van der Waals surface area contributed by atoms with Crippen LogP contribution >= 0.6 is 0 Å². The minimum absolute atomic E-state index is 0.0869. The molecule has 0 aromatic carbocycles. The Morgan fingerprint density at radius 1 is 1.15 bits per heavy atom. The van der Waals surface area contributed by atoms with Crippen molar-refractivity contribution in [3.63, 3.8) is 0 Å². The first-order chi connectivity index (χ1) is 9.60. The van der Waals surface area contributed by atoms with Gasteiger partial charge in [-0.05, 0) is 37.0 Å². The monoisotopic (exact) mass is 281 g/mol. The van der Waals surface area contributed by atoms with Gasteiger partial charge in [-0.25, -0.2) is 0 Å². The molecule has 0 aromatic rings. The molecule has 2 rings (SSSR count). The summed E-state index contributed by atoms with van der Waals surface area (Å²) in [5.41, 5.74) is 0.552. The predicted molar refractivity (Wildman–Crippen MR) is 81.8 cm³/mol. The minimum atomic E-state index is -0.566. The van der Waals surface area contributed by atoms with Crippen LogP contribution in [0, 0.1) is 17.3 Å². The molecule has 20 heavy (non-hydrogen) atoms. The van der Waals surface area contributed by atoms with Crippen LogP contribution < -0.4 is 0 Å². The van der Waals surface area contributed by atoms with E-state index in [0.717, 1.165) is 25.8 Å². The Kier molecular flexibility index (Phi) is 5.48. The van der Waals surface area contributed by atoms with E-state index in [1.165, 1.54) is 45.2 Å². The number of likely N-dealkylation sites (tertiary alicyclic amines) is 1. The molecule has 0 aromatic heterocycles. The summed E-state index contributed by atoms with van der Waals surface area (Å²) in [4.78, 5) is 13.9. The standard InChI is InChI=1S/C17H31NO2/c1-3-9-17(10-4-2)12-18(13-17)11-14-7-5-6-8-15(14)16(19)20/h14-15H,3-13H2,1-2H3,(H,19,20). The fourth-order valence-electron chi connectivity index (χ4n) is 4.62. The smallest absolute Gasteiger partial charge is 0.306 e. The van der Waals surface area contributed by atoms with Crippen LogP contribution in [0.15, 0.2) is 0 Å². The largest absolute Gasteiger partial charge is 0.481 e. The minimum Gasteiger partial charge on any atom is -0.481 e. The van der Waals surface area contributed by atoms with Crippen LogP contribution in [0.1, 0.15) is 65.2 Å². The second-order valence-corrected chi connectivity index (χ2v) is 7.16. The Morgan fingerprint density at radius 2 is 1.75 bits per heavy atom. The predicted octanol–water partition coefficient (Wildman–Crippen LogP) is 3.78. The molecular formula is C17H31NO2. The van der Waals surface area contributed by atoms with Gasteiger partial charge in [0.05, 0.1) is 5.92 Å². The summed E-state index contributed by atoms with van der Waals surface area (Å²) < 4.78 is 0. The van der Waals surface area contributed by atoms with Crippen molar-refractivity contribution in [3.8, 4) is 0 Å². The van der Waals surface area contributed by atoms with Crippen molar-refractivity contribution in [1.82, 2.24) is 4.90 Å². The highest BCUT2D eigenvalue weighted by Gasteiger charge is 2.43. The highest BCUT2D eigenvalue weighted by molar-refractivity contribution is 5.70. The van der Waals surface area contributed by atoms with Gasteiger partial charge in [-0.3, -0.25) is 4.79 Å². The molecule has 0 spiro atoms. The lowest BCUT2D eigenvalue weighted by Crippen LogP contribution is -2.58. The molecular weight excluding hydrogens is 250 g/mol. The van der Waals surface area contributed by atoms with Gasteiger partial charge in [0.25, 0.3) is 0 Å². The van der Waals surface area contributed by atoms with Crippen molar-refractivity contribution in [2.45, 2.75) is 65.2 Å². The third-order valence-corrected chi connectivity index (χ3v) is 5.40. The average Bonchev–Trinajstić information content (AvgIpc) is 2.37. The third-order valence-electron chi connectivity index (χ3n) is 5.40. The van der Waals surface area contributed by atoms with Gasteiger partial charge in [0.2, 0.25) is 0 Å². The second kappa shape index (κ2) is 6.93. The van der Waals surface area contributed by atoms with Gasteiger partial charge >= 0.3 is 5.97 Å². The van der Waals surface area contributed by atoms with Crippen LogP contribution in [0.3, 0.4) is 0 Å². The van der Waals surface area contributed by atoms with Gasteiger partial charge in [-0.15, -0.1) is 0 Å². The molecule has 1 aliphatic heterocycles. The van der Waals surface area contributed by atoms with E-state index in [1.54, 1.807) is 0 Å². The Bertz CT molecular complexity index is 315. The first-order valence-electron chi connectivity index (χ1n) is 8.55. The van der Waals surface area contributed by atoms with Crippen molar-refractivity contribution in [1.29, 1.82) is 0 Å². The first kappa shape index (κ1) is 15.8. The molecule has 1 aliphatic carbocycles. The van der Waals surface area contributed by atoms with Crippen molar-refractivity contribution in [2.75, 3.05) is 19.6 Å². The van der Waals surface area contributed by atoms with E-state index in [1.807, 2.05) is 0 Å². The maximum Gasteiger partial charge on any atom is 0.306 e. The zero-order chi connectivity index (χ0) is 14.6. The molecule has 3 nitrogen and oxygen atoms in total. The Labute approximate surface area is 123 Å². The third kappa shape index (κ3) is 3.55. The summed E-state index contributed by atoms with van der Waals surface area (Å²) in [6.45, 7) is 7.99. The number of carbonyl (C=O) groups is 1. The number of rotatable bonds is 7. The topological polar surface area (TPSA) is 40.5 Å². The Morgan fingerprint density at radius 3 is 2.30 bits per heavy atom. The molecule has 0 amide bonds. The van der Waals surface area contributed by atoms with E-state index >= 15 is 0 Å². The van der Waals surface area contributed by atoms with E-state index < -0.39 is 5.97 Å². The molecule has 2 unspecified atom stereocenters. The van der Waals surface area contributed by atoms with E-state index in [-0.39, 0.29) is 5.92 Å².